The van der Waals surface area contributed by atoms with Gasteiger partial charge in [0.05, 0.1) is 12.8 Å². The van der Waals surface area contributed by atoms with Gasteiger partial charge in [-0.05, 0) is 50.8 Å². The fourth-order valence-corrected chi connectivity index (χ4v) is 5.27. The minimum atomic E-state index is 0.593. The van der Waals surface area contributed by atoms with Gasteiger partial charge in [-0.25, -0.2) is 0 Å². The number of nitrogens with one attached hydrogen (secondary N) is 1. The van der Waals surface area contributed by atoms with Gasteiger partial charge in [0.2, 0.25) is 5.95 Å². The highest BCUT2D eigenvalue weighted by atomic mass is 16.5. The Morgan fingerprint density at radius 1 is 0.921 bits per heavy atom. The molecule has 2 aromatic heterocycles. The second kappa shape index (κ2) is 11.1. The Morgan fingerprint density at radius 2 is 1.66 bits per heavy atom. The molecule has 0 radical (unpaired) electrons. The van der Waals surface area contributed by atoms with E-state index >= 15 is 0 Å². The van der Waals surface area contributed by atoms with Gasteiger partial charge in [-0.15, -0.1) is 0 Å². The molecule has 4 aromatic rings. The van der Waals surface area contributed by atoms with Gasteiger partial charge in [-0.3, -0.25) is 5.43 Å². The normalized spacial score (nSPS) is 15.7. The van der Waals surface area contributed by atoms with Crippen LogP contribution in [-0.4, -0.2) is 53.5 Å². The van der Waals surface area contributed by atoms with Crippen LogP contribution in [-0.2, 0) is 6.54 Å². The van der Waals surface area contributed by atoms with Crippen LogP contribution < -0.4 is 20.0 Å². The van der Waals surface area contributed by atoms with Crippen LogP contribution in [0.3, 0.4) is 0 Å². The second-order valence-corrected chi connectivity index (χ2v) is 10.1. The number of hydrogen-bond donors (Lipinski definition) is 1. The highest BCUT2D eigenvalue weighted by molar-refractivity contribution is 5.99. The molecule has 38 heavy (non-hydrogen) atoms. The lowest BCUT2D eigenvalue weighted by Crippen LogP contribution is -2.24. The van der Waals surface area contributed by atoms with Gasteiger partial charge in [0.15, 0.2) is 5.82 Å². The van der Waals surface area contributed by atoms with Crippen molar-refractivity contribution in [3.8, 4) is 5.75 Å². The van der Waals surface area contributed by atoms with E-state index in [1.807, 2.05) is 24.4 Å². The van der Waals surface area contributed by atoms with E-state index in [-0.39, 0.29) is 0 Å². The lowest BCUT2D eigenvalue weighted by Gasteiger charge is -2.21. The maximum absolute atomic E-state index is 5.98. The number of benzene rings is 2. The summed E-state index contributed by atoms with van der Waals surface area (Å²) in [5, 5.41) is 5.76. The molecule has 0 aliphatic carbocycles. The number of rotatable bonds is 9. The number of nitrogens with zero attached hydrogens (tertiary/aromatic N) is 6. The van der Waals surface area contributed by atoms with Crippen molar-refractivity contribution in [2.24, 2.45) is 5.10 Å². The smallest absolute Gasteiger partial charge is 0.229 e. The van der Waals surface area contributed by atoms with Crippen molar-refractivity contribution in [1.82, 2.24) is 14.5 Å². The fourth-order valence-electron chi connectivity index (χ4n) is 5.27. The van der Waals surface area contributed by atoms with E-state index in [2.05, 4.69) is 74.4 Å². The van der Waals surface area contributed by atoms with Gasteiger partial charge in [0.1, 0.15) is 18.2 Å². The predicted molar refractivity (Wildman–Crippen MR) is 155 cm³/mol. The molecule has 196 valence electrons. The standard InChI is InChI=1S/C30H35N7O/c1-23-10-12-25(13-11-23)38-19-18-37-22-24(26-8-2-3-9-27(26)37)21-31-34-28-20-29(35-14-4-5-15-35)33-30(32-28)36-16-6-7-17-36/h2-3,8-13,20-22H,4-7,14-19H2,1H3,(H,32,33,34)/b31-21+. The van der Waals surface area contributed by atoms with E-state index in [1.165, 1.54) is 31.2 Å². The fraction of sp³-hybridized carbons (Fsp3) is 0.367. The van der Waals surface area contributed by atoms with Crippen LogP contribution in [0.15, 0.2) is 65.9 Å². The van der Waals surface area contributed by atoms with Crippen LogP contribution >= 0.6 is 0 Å². The Balaban J connectivity index is 1.18. The molecule has 0 spiro atoms. The lowest BCUT2D eigenvalue weighted by atomic mass is 10.2. The van der Waals surface area contributed by atoms with Crippen molar-refractivity contribution in [2.45, 2.75) is 39.2 Å². The molecule has 2 saturated heterocycles. The monoisotopic (exact) mass is 509 g/mol. The summed E-state index contributed by atoms with van der Waals surface area (Å²) in [6, 6.07) is 18.6. The van der Waals surface area contributed by atoms with Gasteiger partial charge in [-0.2, -0.15) is 15.1 Å². The zero-order chi connectivity index (χ0) is 25.7. The summed E-state index contributed by atoms with van der Waals surface area (Å²) in [5.74, 6) is 3.41. The molecular weight excluding hydrogens is 474 g/mol. The van der Waals surface area contributed by atoms with Crippen LogP contribution in [0.1, 0.15) is 36.8 Å². The third-order valence-corrected chi connectivity index (χ3v) is 7.34. The van der Waals surface area contributed by atoms with Gasteiger partial charge >= 0.3 is 0 Å². The van der Waals surface area contributed by atoms with Crippen LogP contribution in [0.25, 0.3) is 10.9 Å². The van der Waals surface area contributed by atoms with E-state index in [0.717, 1.165) is 72.5 Å². The number of fused-ring (bicyclic) bond motifs is 1. The van der Waals surface area contributed by atoms with Gasteiger partial charge in [0.25, 0.3) is 0 Å². The Kier molecular flexibility index (Phi) is 7.11. The van der Waals surface area contributed by atoms with Crippen molar-refractivity contribution >= 4 is 34.7 Å². The molecule has 2 aliphatic heterocycles. The van der Waals surface area contributed by atoms with Crippen LogP contribution in [0.2, 0.25) is 0 Å². The molecule has 2 aromatic carbocycles. The highest BCUT2D eigenvalue weighted by Crippen LogP contribution is 2.26. The second-order valence-electron chi connectivity index (χ2n) is 10.1. The van der Waals surface area contributed by atoms with Gasteiger partial charge in [-0.1, -0.05) is 35.9 Å². The molecule has 1 N–H and O–H groups in total. The van der Waals surface area contributed by atoms with Gasteiger partial charge < -0.3 is 19.1 Å². The summed E-state index contributed by atoms with van der Waals surface area (Å²) >= 11 is 0. The largest absolute Gasteiger partial charge is 0.492 e. The quantitative estimate of drug-likeness (QED) is 0.239. The molecule has 0 unspecified atom stereocenters. The number of ether oxygens (including phenoxy) is 1. The average molecular weight is 510 g/mol. The Hall–Kier alpha value is -4.07. The summed E-state index contributed by atoms with van der Waals surface area (Å²) in [5.41, 5.74) is 6.64. The third kappa shape index (κ3) is 5.44. The molecule has 8 heteroatoms. The first kappa shape index (κ1) is 24.3. The maximum atomic E-state index is 5.98. The molecule has 0 atom stereocenters. The minimum Gasteiger partial charge on any atom is -0.492 e. The topological polar surface area (TPSA) is 70.8 Å². The molecule has 0 amide bonds. The molecule has 6 rings (SSSR count). The SMILES string of the molecule is Cc1ccc(OCCn2cc(/C=N/Nc3cc(N4CCCC4)nc(N4CCCC4)n3)c3ccccc32)cc1. The van der Waals surface area contributed by atoms with Gasteiger partial charge in [0, 0.05) is 54.9 Å². The first-order valence-corrected chi connectivity index (χ1v) is 13.7. The number of aromatic nitrogens is 3. The van der Waals surface area contributed by atoms with E-state index in [1.54, 1.807) is 0 Å². The number of hydrogen-bond acceptors (Lipinski definition) is 7. The van der Waals surface area contributed by atoms with Crippen molar-refractivity contribution in [3.63, 3.8) is 0 Å². The van der Waals surface area contributed by atoms with E-state index in [9.17, 15) is 0 Å². The predicted octanol–water partition coefficient (Wildman–Crippen LogP) is 5.47. The van der Waals surface area contributed by atoms with Crippen LogP contribution in [0.4, 0.5) is 17.6 Å². The first-order chi connectivity index (χ1) is 18.7. The van der Waals surface area contributed by atoms with E-state index in [4.69, 9.17) is 14.7 Å². The summed E-state index contributed by atoms with van der Waals surface area (Å²) in [7, 11) is 0. The molecule has 4 heterocycles. The summed E-state index contributed by atoms with van der Waals surface area (Å²) < 4.78 is 8.21. The first-order valence-electron chi connectivity index (χ1n) is 13.7. The number of hydrazone groups is 1. The molecule has 2 fully saturated rings. The number of aryl methyl sites for hydroxylation is 1. The maximum Gasteiger partial charge on any atom is 0.229 e. The Bertz CT molecular complexity index is 1370. The van der Waals surface area contributed by atoms with Crippen LogP contribution in [0, 0.1) is 6.92 Å². The highest BCUT2D eigenvalue weighted by Gasteiger charge is 2.20. The van der Waals surface area contributed by atoms with Crippen molar-refractivity contribution in [1.29, 1.82) is 0 Å². The molecule has 2 aliphatic rings. The summed E-state index contributed by atoms with van der Waals surface area (Å²) in [6.07, 6.45) is 8.83. The number of para-hydroxylation sites is 1. The molecule has 0 saturated carbocycles. The van der Waals surface area contributed by atoms with Crippen molar-refractivity contribution in [3.05, 3.63) is 71.9 Å². The van der Waals surface area contributed by atoms with Crippen molar-refractivity contribution < 1.29 is 4.74 Å². The van der Waals surface area contributed by atoms with E-state index < -0.39 is 0 Å². The summed E-state index contributed by atoms with van der Waals surface area (Å²) in [4.78, 5) is 14.3. The lowest BCUT2D eigenvalue weighted by molar-refractivity contribution is 0.300. The van der Waals surface area contributed by atoms with Crippen molar-refractivity contribution in [2.75, 3.05) is 48.0 Å². The van der Waals surface area contributed by atoms with Crippen LogP contribution in [0.5, 0.6) is 5.75 Å². The zero-order valence-electron chi connectivity index (χ0n) is 22.0. The average Bonchev–Trinajstić information content (AvgIpc) is 3.72. The zero-order valence-corrected chi connectivity index (χ0v) is 22.0. The van der Waals surface area contributed by atoms with E-state index in [0.29, 0.717) is 6.61 Å². The Labute approximate surface area is 224 Å². The molecule has 8 nitrogen and oxygen atoms in total. The number of anilines is 3. The summed E-state index contributed by atoms with van der Waals surface area (Å²) in [6.45, 7) is 7.55. The molecule has 0 bridgehead atoms. The minimum absolute atomic E-state index is 0.593. The molecular formula is C30H35N7O. The third-order valence-electron chi connectivity index (χ3n) is 7.34. The Morgan fingerprint density at radius 3 is 2.45 bits per heavy atom.